The molecule has 3 N–H and O–H groups in total. The normalized spacial score (nSPS) is 10.8. The van der Waals surface area contributed by atoms with Gasteiger partial charge in [-0.1, -0.05) is 19.1 Å². The average molecular weight is 269 g/mol. The summed E-state index contributed by atoms with van der Waals surface area (Å²) in [5, 5.41) is 13.1. The molecule has 2 aromatic heterocycles. The number of fused-ring (bicyclic) bond motifs is 1. The van der Waals surface area contributed by atoms with E-state index in [4.69, 9.17) is 0 Å². The first kappa shape index (κ1) is 12.4. The molecule has 1 aromatic carbocycles. The molecule has 0 aliphatic carbocycles. The third-order valence-electron chi connectivity index (χ3n) is 3.22. The molecule has 0 radical (unpaired) electrons. The van der Waals surface area contributed by atoms with Crippen molar-refractivity contribution in [3.63, 3.8) is 0 Å². The van der Waals surface area contributed by atoms with Crippen LogP contribution in [0.5, 0.6) is 5.75 Å². The summed E-state index contributed by atoms with van der Waals surface area (Å²) in [7, 11) is 0. The van der Waals surface area contributed by atoms with Gasteiger partial charge in [-0.15, -0.1) is 0 Å². The first-order valence-electron chi connectivity index (χ1n) is 6.46. The zero-order chi connectivity index (χ0) is 13.9. The highest BCUT2D eigenvalue weighted by molar-refractivity contribution is 5.81. The molecule has 0 aliphatic rings. The Morgan fingerprint density at radius 2 is 2.15 bits per heavy atom. The van der Waals surface area contributed by atoms with Crippen molar-refractivity contribution in [2.75, 3.05) is 5.32 Å². The molecule has 20 heavy (non-hydrogen) atoms. The summed E-state index contributed by atoms with van der Waals surface area (Å²) in [5.41, 5.74) is 3.41. The second kappa shape index (κ2) is 5.16. The first-order chi connectivity index (χ1) is 9.78. The minimum atomic E-state index is 0.282. The molecular weight excluding hydrogens is 254 g/mol. The van der Waals surface area contributed by atoms with Gasteiger partial charge in [-0.2, -0.15) is 0 Å². The van der Waals surface area contributed by atoms with Crippen LogP contribution in [0.25, 0.3) is 11.2 Å². The van der Waals surface area contributed by atoms with E-state index in [2.05, 4.69) is 32.2 Å². The van der Waals surface area contributed by atoms with Crippen LogP contribution in [0, 0.1) is 0 Å². The monoisotopic (exact) mass is 269 g/mol. The summed E-state index contributed by atoms with van der Waals surface area (Å²) in [6, 6.07) is 5.64. The highest BCUT2D eigenvalue weighted by atomic mass is 16.3. The number of H-pyrrole nitrogens is 1. The van der Waals surface area contributed by atoms with Gasteiger partial charge in [0.2, 0.25) is 0 Å². The van der Waals surface area contributed by atoms with E-state index in [1.54, 1.807) is 12.4 Å². The predicted octanol–water partition coefficient (Wildman–Crippen LogP) is 2.23. The number of nitrogens with zero attached hydrogens (tertiary/aromatic N) is 3. The molecule has 0 unspecified atom stereocenters. The average Bonchev–Trinajstić information content (AvgIpc) is 2.95. The van der Waals surface area contributed by atoms with E-state index in [9.17, 15) is 5.11 Å². The van der Waals surface area contributed by atoms with Crippen molar-refractivity contribution in [3.8, 4) is 5.75 Å². The fourth-order valence-corrected chi connectivity index (χ4v) is 2.08. The third kappa shape index (κ3) is 2.27. The lowest BCUT2D eigenvalue weighted by molar-refractivity contribution is 0.469. The number of aromatic amines is 1. The Hall–Kier alpha value is -2.63. The molecule has 0 saturated heterocycles. The standard InChI is InChI=1S/C14H15N5O/c1-2-9-3-4-11(20)10(5-9)6-15-13-12-14(17-7-16-12)19-8-18-13/h3-5,7-8,20H,2,6H2,1H3,(H2,15,16,17,18,19). The molecule has 0 bridgehead atoms. The molecule has 0 aliphatic heterocycles. The number of phenolic OH excluding ortho intramolecular Hbond substituents is 1. The summed E-state index contributed by atoms with van der Waals surface area (Å²) in [6.07, 6.45) is 3.99. The van der Waals surface area contributed by atoms with Crippen LogP contribution in [0.4, 0.5) is 5.82 Å². The van der Waals surface area contributed by atoms with Gasteiger partial charge < -0.3 is 15.4 Å². The van der Waals surface area contributed by atoms with Gasteiger partial charge in [0, 0.05) is 12.1 Å². The Kier molecular flexibility index (Phi) is 3.20. The Balaban J connectivity index is 1.84. The predicted molar refractivity (Wildman–Crippen MR) is 76.5 cm³/mol. The van der Waals surface area contributed by atoms with Crippen molar-refractivity contribution < 1.29 is 5.11 Å². The van der Waals surface area contributed by atoms with Gasteiger partial charge in [-0.3, -0.25) is 0 Å². The van der Waals surface area contributed by atoms with Crippen LogP contribution in [0.2, 0.25) is 0 Å². The molecule has 102 valence electrons. The number of imidazole rings is 1. The molecule has 0 atom stereocenters. The van der Waals surface area contributed by atoms with E-state index < -0.39 is 0 Å². The van der Waals surface area contributed by atoms with Gasteiger partial charge in [0.25, 0.3) is 0 Å². The molecule has 0 fully saturated rings. The SMILES string of the molecule is CCc1ccc(O)c(CNc2ncnc3nc[nH]c23)c1. The molecule has 3 aromatic rings. The van der Waals surface area contributed by atoms with Crippen LogP contribution >= 0.6 is 0 Å². The van der Waals surface area contributed by atoms with Gasteiger partial charge in [0.05, 0.1) is 6.33 Å². The molecule has 3 rings (SSSR count). The molecule has 2 heterocycles. The number of nitrogens with one attached hydrogen (secondary N) is 2. The van der Waals surface area contributed by atoms with E-state index in [-0.39, 0.29) is 5.75 Å². The molecule has 0 spiro atoms. The van der Waals surface area contributed by atoms with Crippen molar-refractivity contribution in [2.24, 2.45) is 0 Å². The van der Waals surface area contributed by atoms with Gasteiger partial charge in [0.15, 0.2) is 11.5 Å². The van der Waals surface area contributed by atoms with Crippen molar-refractivity contribution in [1.29, 1.82) is 0 Å². The number of rotatable bonds is 4. The Morgan fingerprint density at radius 1 is 1.25 bits per heavy atom. The van der Waals surface area contributed by atoms with E-state index in [0.717, 1.165) is 17.5 Å². The second-order valence-corrected chi connectivity index (χ2v) is 4.49. The third-order valence-corrected chi connectivity index (χ3v) is 3.22. The van der Waals surface area contributed by atoms with Gasteiger partial charge in [0.1, 0.15) is 17.6 Å². The Labute approximate surface area is 115 Å². The van der Waals surface area contributed by atoms with Crippen LogP contribution in [0.15, 0.2) is 30.9 Å². The van der Waals surface area contributed by atoms with Gasteiger partial charge in [-0.25, -0.2) is 15.0 Å². The van der Waals surface area contributed by atoms with Crippen molar-refractivity contribution in [2.45, 2.75) is 19.9 Å². The number of anilines is 1. The molecular formula is C14H15N5O. The maximum absolute atomic E-state index is 9.89. The highest BCUT2D eigenvalue weighted by Gasteiger charge is 2.07. The molecule has 6 heteroatoms. The van der Waals surface area contributed by atoms with Crippen LogP contribution in [-0.4, -0.2) is 25.0 Å². The van der Waals surface area contributed by atoms with E-state index in [1.165, 1.54) is 11.9 Å². The lowest BCUT2D eigenvalue weighted by atomic mass is 10.1. The number of phenols is 1. The fourth-order valence-electron chi connectivity index (χ4n) is 2.08. The largest absolute Gasteiger partial charge is 0.508 e. The van der Waals surface area contributed by atoms with E-state index in [0.29, 0.717) is 18.0 Å². The summed E-state index contributed by atoms with van der Waals surface area (Å²) >= 11 is 0. The van der Waals surface area contributed by atoms with E-state index >= 15 is 0 Å². The van der Waals surface area contributed by atoms with Gasteiger partial charge in [-0.05, 0) is 18.1 Å². The number of hydrogen-bond donors (Lipinski definition) is 3. The first-order valence-corrected chi connectivity index (χ1v) is 6.46. The topological polar surface area (TPSA) is 86.7 Å². The van der Waals surface area contributed by atoms with Crippen LogP contribution < -0.4 is 5.32 Å². The quantitative estimate of drug-likeness (QED) is 0.676. The van der Waals surface area contributed by atoms with Crippen molar-refractivity contribution in [1.82, 2.24) is 19.9 Å². The fraction of sp³-hybridized carbons (Fsp3) is 0.214. The maximum Gasteiger partial charge on any atom is 0.182 e. The minimum Gasteiger partial charge on any atom is -0.508 e. The molecule has 6 nitrogen and oxygen atoms in total. The second-order valence-electron chi connectivity index (χ2n) is 4.49. The van der Waals surface area contributed by atoms with Crippen LogP contribution in [0.3, 0.4) is 0 Å². The van der Waals surface area contributed by atoms with Crippen molar-refractivity contribution in [3.05, 3.63) is 42.0 Å². The zero-order valence-electron chi connectivity index (χ0n) is 11.1. The van der Waals surface area contributed by atoms with Crippen LogP contribution in [-0.2, 0) is 13.0 Å². The summed E-state index contributed by atoms with van der Waals surface area (Å²) in [5.74, 6) is 0.957. The zero-order valence-corrected chi connectivity index (χ0v) is 11.1. The molecule has 0 saturated carbocycles. The maximum atomic E-state index is 9.89. The number of aromatic nitrogens is 4. The number of aryl methyl sites for hydroxylation is 1. The highest BCUT2D eigenvalue weighted by Crippen LogP contribution is 2.21. The number of hydrogen-bond acceptors (Lipinski definition) is 5. The van der Waals surface area contributed by atoms with Crippen LogP contribution in [0.1, 0.15) is 18.1 Å². The minimum absolute atomic E-state index is 0.282. The Bertz CT molecular complexity index is 737. The number of benzene rings is 1. The lowest BCUT2D eigenvalue weighted by Gasteiger charge is -2.09. The summed E-state index contributed by atoms with van der Waals surface area (Å²) in [4.78, 5) is 15.3. The van der Waals surface area contributed by atoms with Crippen molar-refractivity contribution >= 4 is 17.0 Å². The number of aromatic hydroxyl groups is 1. The summed E-state index contributed by atoms with van der Waals surface area (Å²) in [6.45, 7) is 2.58. The van der Waals surface area contributed by atoms with E-state index in [1.807, 2.05) is 12.1 Å². The molecule has 0 amide bonds. The summed E-state index contributed by atoms with van der Waals surface area (Å²) < 4.78 is 0. The smallest absolute Gasteiger partial charge is 0.182 e. The Morgan fingerprint density at radius 3 is 3.00 bits per heavy atom. The van der Waals surface area contributed by atoms with Gasteiger partial charge >= 0.3 is 0 Å². The lowest BCUT2D eigenvalue weighted by Crippen LogP contribution is -2.03.